The lowest BCUT2D eigenvalue weighted by Gasteiger charge is -2.09. The van der Waals surface area contributed by atoms with E-state index in [0.29, 0.717) is 10.6 Å². The lowest BCUT2D eigenvalue weighted by molar-refractivity contribution is 0.656. The van der Waals surface area contributed by atoms with E-state index in [1.165, 1.54) is 6.26 Å². The van der Waals surface area contributed by atoms with Crippen molar-refractivity contribution in [3.8, 4) is 11.1 Å². The summed E-state index contributed by atoms with van der Waals surface area (Å²) in [6.07, 6.45) is 1.50. The largest absolute Gasteiger partial charge is 0.329 e. The third-order valence-corrected chi connectivity index (χ3v) is 4.26. The molecule has 1 aromatic carbocycles. The first-order valence-corrected chi connectivity index (χ1v) is 8.47. The minimum Gasteiger partial charge on any atom is -0.297 e. The number of nitrogens with one attached hydrogen (secondary N) is 1. The summed E-state index contributed by atoms with van der Waals surface area (Å²) in [5.41, 5.74) is -0.617. The van der Waals surface area contributed by atoms with Crippen molar-refractivity contribution in [1.82, 2.24) is 9.55 Å². The van der Waals surface area contributed by atoms with Crippen LogP contribution in [0.25, 0.3) is 11.1 Å². The van der Waals surface area contributed by atoms with Crippen LogP contribution in [0.3, 0.4) is 0 Å². The van der Waals surface area contributed by atoms with Gasteiger partial charge in [0.25, 0.3) is 5.56 Å². The first kappa shape index (κ1) is 16.0. The number of aromatic amines is 1. The molecule has 112 valence electrons. The van der Waals surface area contributed by atoms with Gasteiger partial charge in [0.1, 0.15) is 5.15 Å². The Morgan fingerprint density at radius 2 is 1.90 bits per heavy atom. The minimum atomic E-state index is -1.11. The fraction of sp³-hybridized carbons (Fsp3) is 0.231. The number of H-pyrrole nitrogens is 1. The maximum absolute atomic E-state index is 12.5. The van der Waals surface area contributed by atoms with Crippen LogP contribution in [0.4, 0.5) is 0 Å². The van der Waals surface area contributed by atoms with Crippen LogP contribution < -0.4 is 11.2 Å². The van der Waals surface area contributed by atoms with Crippen LogP contribution in [0, 0.1) is 0 Å². The minimum absolute atomic E-state index is 0.0475. The van der Waals surface area contributed by atoms with E-state index in [9.17, 15) is 13.8 Å². The maximum atomic E-state index is 12.5. The van der Waals surface area contributed by atoms with Crippen LogP contribution in [-0.2, 0) is 17.3 Å². The summed E-state index contributed by atoms with van der Waals surface area (Å²) < 4.78 is 12.1. The molecule has 1 N–H and O–H groups in total. The van der Waals surface area contributed by atoms with E-state index in [4.69, 9.17) is 23.2 Å². The first-order valence-electron chi connectivity index (χ1n) is 5.99. The number of nitrogens with zero attached hydrogens (tertiary/aromatic N) is 1. The van der Waals surface area contributed by atoms with E-state index in [2.05, 4.69) is 4.98 Å². The van der Waals surface area contributed by atoms with Gasteiger partial charge in [0.2, 0.25) is 0 Å². The molecule has 0 saturated heterocycles. The molecule has 2 rings (SSSR count). The van der Waals surface area contributed by atoms with Gasteiger partial charge in [-0.15, -0.1) is 0 Å². The highest BCUT2D eigenvalue weighted by Crippen LogP contribution is 2.28. The second-order valence-electron chi connectivity index (χ2n) is 4.33. The molecular formula is C13H12Cl2N2O3S. The van der Waals surface area contributed by atoms with Gasteiger partial charge < -0.3 is 0 Å². The average molecular weight is 347 g/mol. The number of hydrogen-bond donors (Lipinski definition) is 1. The van der Waals surface area contributed by atoms with E-state index < -0.39 is 22.0 Å². The monoisotopic (exact) mass is 346 g/mol. The van der Waals surface area contributed by atoms with Crippen LogP contribution >= 0.6 is 23.2 Å². The van der Waals surface area contributed by atoms with Gasteiger partial charge in [-0.05, 0) is 6.07 Å². The van der Waals surface area contributed by atoms with Crippen molar-refractivity contribution in [2.45, 2.75) is 6.54 Å². The van der Waals surface area contributed by atoms with Crippen molar-refractivity contribution in [2.24, 2.45) is 0 Å². The lowest BCUT2D eigenvalue weighted by atomic mass is 10.1. The molecule has 5 nitrogen and oxygen atoms in total. The molecule has 0 radical (unpaired) electrons. The van der Waals surface area contributed by atoms with Crippen LogP contribution in [0.15, 0.2) is 33.9 Å². The molecule has 0 saturated carbocycles. The molecule has 8 heteroatoms. The van der Waals surface area contributed by atoms with Gasteiger partial charge in [-0.3, -0.25) is 18.6 Å². The Kier molecular flexibility index (Phi) is 5.03. The fourth-order valence-corrected chi connectivity index (χ4v) is 2.80. The maximum Gasteiger partial charge on any atom is 0.329 e. The van der Waals surface area contributed by atoms with E-state index in [1.807, 2.05) is 0 Å². The average Bonchev–Trinajstić information content (AvgIpc) is 2.40. The molecule has 0 aliphatic rings. The fourth-order valence-electron chi connectivity index (χ4n) is 1.87. The van der Waals surface area contributed by atoms with Crippen molar-refractivity contribution in [3.05, 3.63) is 55.3 Å². The lowest BCUT2D eigenvalue weighted by Crippen LogP contribution is -2.37. The smallest absolute Gasteiger partial charge is 0.297 e. The summed E-state index contributed by atoms with van der Waals surface area (Å²) in [7, 11) is -1.11. The molecule has 21 heavy (non-hydrogen) atoms. The quantitative estimate of drug-likeness (QED) is 0.859. The summed E-state index contributed by atoms with van der Waals surface area (Å²) in [4.78, 5) is 26.7. The second kappa shape index (κ2) is 6.60. The van der Waals surface area contributed by atoms with Crippen LogP contribution in [-0.4, -0.2) is 25.8 Å². The Bertz CT molecular complexity index is 814. The highest BCUT2D eigenvalue weighted by atomic mass is 35.5. The zero-order valence-electron chi connectivity index (χ0n) is 11.1. The third kappa shape index (κ3) is 3.45. The third-order valence-electron chi connectivity index (χ3n) is 2.89. The molecule has 0 amide bonds. The van der Waals surface area contributed by atoms with Gasteiger partial charge in [0.05, 0.1) is 5.56 Å². The van der Waals surface area contributed by atoms with Gasteiger partial charge in [0, 0.05) is 39.9 Å². The summed E-state index contributed by atoms with van der Waals surface area (Å²) in [5.74, 6) is 0.201. The van der Waals surface area contributed by atoms with Crippen molar-refractivity contribution < 1.29 is 4.21 Å². The first-order chi connectivity index (χ1) is 9.91. The molecule has 0 aliphatic heterocycles. The molecule has 1 atom stereocenters. The normalized spacial score (nSPS) is 12.3. The van der Waals surface area contributed by atoms with E-state index in [-0.39, 0.29) is 23.0 Å². The molecule has 0 aliphatic carbocycles. The predicted molar refractivity (Wildman–Crippen MR) is 85.7 cm³/mol. The molecule has 2 aromatic rings. The molecule has 0 spiro atoms. The highest BCUT2D eigenvalue weighted by Gasteiger charge is 2.16. The predicted octanol–water partition coefficient (Wildman–Crippen LogP) is 1.89. The Hall–Kier alpha value is -1.37. The Labute approximate surface area is 133 Å². The molecule has 0 fully saturated rings. The highest BCUT2D eigenvalue weighted by molar-refractivity contribution is 7.84. The van der Waals surface area contributed by atoms with E-state index in [0.717, 1.165) is 4.57 Å². The number of halogens is 2. The molecular weight excluding hydrogens is 335 g/mol. The van der Waals surface area contributed by atoms with Crippen molar-refractivity contribution in [2.75, 3.05) is 12.0 Å². The van der Waals surface area contributed by atoms with Crippen molar-refractivity contribution in [1.29, 1.82) is 0 Å². The standard InChI is InChI=1S/C13H12Cl2N2O3S/c1-21(20)7-6-17-12(18)10(11(15)16-13(17)19)8-4-2-3-5-9(8)14/h2-5H,6-7H2,1H3,(H,16,19). The summed E-state index contributed by atoms with van der Waals surface area (Å²) in [6.45, 7) is 0.0475. The number of hydrogen-bond acceptors (Lipinski definition) is 3. The summed E-state index contributed by atoms with van der Waals surface area (Å²) in [5, 5.41) is 0.293. The zero-order valence-corrected chi connectivity index (χ0v) is 13.4. The van der Waals surface area contributed by atoms with Gasteiger partial charge in [0.15, 0.2) is 0 Å². The van der Waals surface area contributed by atoms with Gasteiger partial charge in [-0.2, -0.15) is 0 Å². The molecule has 1 unspecified atom stereocenters. The zero-order chi connectivity index (χ0) is 15.6. The van der Waals surface area contributed by atoms with E-state index in [1.54, 1.807) is 24.3 Å². The van der Waals surface area contributed by atoms with Crippen LogP contribution in [0.1, 0.15) is 0 Å². The SMILES string of the molecule is CS(=O)CCn1c(=O)[nH]c(Cl)c(-c2ccccc2Cl)c1=O. The molecule has 1 aromatic heterocycles. The molecule has 0 bridgehead atoms. The second-order valence-corrected chi connectivity index (χ2v) is 6.67. The van der Waals surface area contributed by atoms with Gasteiger partial charge >= 0.3 is 5.69 Å². The topological polar surface area (TPSA) is 71.9 Å². The summed E-state index contributed by atoms with van der Waals surface area (Å²) >= 11 is 12.1. The van der Waals surface area contributed by atoms with Gasteiger partial charge in [-0.25, -0.2) is 4.79 Å². The Balaban J connectivity index is 2.65. The van der Waals surface area contributed by atoms with Crippen LogP contribution in [0.5, 0.6) is 0 Å². The number of rotatable bonds is 4. The Morgan fingerprint density at radius 3 is 2.52 bits per heavy atom. The van der Waals surface area contributed by atoms with Gasteiger partial charge in [-0.1, -0.05) is 41.4 Å². The molecule has 1 heterocycles. The van der Waals surface area contributed by atoms with Crippen LogP contribution in [0.2, 0.25) is 10.2 Å². The van der Waals surface area contributed by atoms with Crippen molar-refractivity contribution in [3.63, 3.8) is 0 Å². The van der Waals surface area contributed by atoms with E-state index >= 15 is 0 Å². The van der Waals surface area contributed by atoms with Crippen molar-refractivity contribution >= 4 is 34.0 Å². The number of benzene rings is 1. The Morgan fingerprint density at radius 1 is 1.24 bits per heavy atom. The number of aromatic nitrogens is 2. The summed E-state index contributed by atoms with van der Waals surface area (Å²) in [6, 6.07) is 6.71.